The molecule has 0 fully saturated rings. The molecule has 0 bridgehead atoms. The number of rotatable bonds is 8. The normalized spacial score (nSPS) is 12.3. The van der Waals surface area contributed by atoms with Crippen molar-refractivity contribution in [1.82, 2.24) is 4.57 Å². The first-order valence-electron chi connectivity index (χ1n) is 5.83. The SMILES string of the molecule is [15NH2][13C@@H]([13CH2][13CH2][13CH2][13CH2][15n]1c(C=O)ccc1CO)[13C](=O)O. The Labute approximate surface area is 105 Å². The molecule has 0 aliphatic heterocycles. The molecule has 100 valence electrons. The third-order valence-corrected chi connectivity index (χ3v) is 2.85. The molecule has 1 atom stereocenters. The van der Waals surface area contributed by atoms with Crippen molar-refractivity contribution >= 4 is 12.3 Å². The van der Waals surface area contributed by atoms with E-state index in [1.807, 2.05) is 0 Å². The van der Waals surface area contributed by atoms with E-state index >= 15 is 0 Å². The van der Waals surface area contributed by atoms with Crippen molar-refractivity contribution in [3.8, 4) is 0 Å². The second-order valence-electron chi connectivity index (χ2n) is 4.12. The van der Waals surface area contributed by atoms with Gasteiger partial charge in [-0.2, -0.15) is 0 Å². The lowest BCUT2D eigenvalue weighted by atomic mass is 10.4. The molecule has 0 aliphatic rings. The van der Waals surface area contributed by atoms with Crippen molar-refractivity contribution in [2.75, 3.05) is 0 Å². The van der Waals surface area contributed by atoms with E-state index in [9.17, 15) is 9.59 Å². The maximum atomic E-state index is 10.8. The average Bonchev–Trinajstić information content (AvgIpc) is 2.76. The van der Waals surface area contributed by atoms with E-state index in [2.05, 4.69) is 0 Å². The smallest absolute Gasteiger partial charge is 0.320 e. The number of aromatic nitrogens is 1. The summed E-state index contributed by atoms with van der Waals surface area (Å²) in [6.07, 6.45) is 2.52. The van der Waals surface area contributed by atoms with Crippen LogP contribution >= 0.6 is 0 Å². The lowest BCUT2D eigenvalue weighted by molar-refractivity contribution is -0.138. The van der Waals surface area contributed by atoms with Crippen LogP contribution in [0.4, 0.5) is 0 Å². The molecule has 1 aromatic rings. The Bertz CT molecular complexity index is 414. The van der Waals surface area contributed by atoms with Gasteiger partial charge in [0.15, 0.2) is 6.29 Å². The Morgan fingerprint density at radius 1 is 1.44 bits per heavy atom. The van der Waals surface area contributed by atoms with E-state index < -0.39 is 12.0 Å². The van der Waals surface area contributed by atoms with Gasteiger partial charge in [0, 0.05) is 12.2 Å². The molecule has 0 unspecified atom stereocenters. The van der Waals surface area contributed by atoms with Gasteiger partial charge >= 0.3 is 5.97 Å². The van der Waals surface area contributed by atoms with Crippen molar-refractivity contribution in [2.45, 2.75) is 38.5 Å². The van der Waals surface area contributed by atoms with Gasteiger partial charge < -0.3 is 20.5 Å². The van der Waals surface area contributed by atoms with Crippen LogP contribution in [0.3, 0.4) is 0 Å². The van der Waals surface area contributed by atoms with Crippen LogP contribution < -0.4 is 5.73 Å². The molecule has 0 saturated carbocycles. The van der Waals surface area contributed by atoms with Crippen LogP contribution in [-0.2, 0) is 17.9 Å². The zero-order valence-electron chi connectivity index (χ0n) is 10.1. The lowest BCUT2D eigenvalue weighted by Gasteiger charge is -2.10. The Morgan fingerprint density at radius 3 is 2.72 bits per heavy atom. The molecule has 0 amide bonds. The predicted molar refractivity (Wildman–Crippen MR) is 65.2 cm³/mol. The van der Waals surface area contributed by atoms with Gasteiger partial charge in [0.05, 0.1) is 12.3 Å². The summed E-state index contributed by atoms with van der Waals surface area (Å²) in [6, 6.07) is 2.52. The van der Waals surface area contributed by atoms with E-state index in [0.29, 0.717) is 37.2 Å². The van der Waals surface area contributed by atoms with Gasteiger partial charge in [-0.15, -0.1) is 0 Å². The van der Waals surface area contributed by atoms with Crippen molar-refractivity contribution < 1.29 is 19.8 Å². The van der Waals surface area contributed by atoms with E-state index in [1.165, 1.54) is 0 Å². The maximum Gasteiger partial charge on any atom is 0.320 e. The number of carboxylic acid groups (broad SMARTS) is 1. The van der Waals surface area contributed by atoms with Gasteiger partial charge in [0.2, 0.25) is 0 Å². The average molecular weight is 262 g/mol. The fourth-order valence-electron chi connectivity index (χ4n) is 1.80. The van der Waals surface area contributed by atoms with E-state index in [-0.39, 0.29) is 6.61 Å². The number of aliphatic hydroxyl groups is 1. The molecule has 0 radical (unpaired) electrons. The number of nitrogens with two attached hydrogens (primary N) is 1. The minimum Gasteiger partial charge on any atom is -0.480 e. The number of nitrogens with zero attached hydrogens (tertiary/aromatic N) is 1. The highest BCUT2D eigenvalue weighted by molar-refractivity contribution is 5.73. The molecule has 4 N–H and O–H groups in total. The number of aldehydes is 1. The summed E-state index contributed by atoms with van der Waals surface area (Å²) < 4.78 is 1.74. The highest BCUT2D eigenvalue weighted by atomic mass is 16.5. The summed E-state index contributed by atoms with van der Waals surface area (Å²) >= 11 is 0. The van der Waals surface area contributed by atoms with Crippen molar-refractivity contribution in [3.63, 3.8) is 0 Å². The van der Waals surface area contributed by atoms with Crippen LogP contribution in [0.15, 0.2) is 12.1 Å². The maximum absolute atomic E-state index is 10.8. The summed E-state index contributed by atoms with van der Waals surface area (Å²) in [6.45, 7) is 0.450. The molecule has 0 aliphatic carbocycles. The molecule has 1 aromatic heterocycles. The third kappa shape index (κ3) is 3.68. The van der Waals surface area contributed by atoms with Gasteiger partial charge in [-0.1, -0.05) is 0 Å². The molecule has 18 heavy (non-hydrogen) atoms. The molecule has 0 spiro atoms. The minimum absolute atomic E-state index is 0.123. The first-order chi connectivity index (χ1) is 8.60. The number of carbonyl (C=O) groups is 2. The lowest BCUT2D eigenvalue weighted by Crippen LogP contribution is -2.29. The van der Waals surface area contributed by atoms with Crippen LogP contribution in [0.1, 0.15) is 35.4 Å². The minimum atomic E-state index is -0.999. The number of hydrogen-bond donors (Lipinski definition) is 3. The first-order valence-corrected chi connectivity index (χ1v) is 5.83. The Kier molecular flexibility index (Phi) is 5.54. The van der Waals surface area contributed by atoms with Gasteiger partial charge in [0.1, 0.15) is 6.04 Å². The van der Waals surface area contributed by atoms with Gasteiger partial charge in [-0.05, 0) is 31.4 Å². The van der Waals surface area contributed by atoms with Crippen molar-refractivity contribution in [1.29, 1.82) is 0 Å². The Hall–Kier alpha value is -1.66. The summed E-state index contributed by atoms with van der Waals surface area (Å²) in [4.78, 5) is 21.3. The number of hydrogen-bond acceptors (Lipinski definition) is 4. The van der Waals surface area contributed by atoms with Crippen LogP contribution in [-0.4, -0.2) is 33.1 Å². The summed E-state index contributed by atoms with van der Waals surface area (Å²) in [7, 11) is 0. The second-order valence-corrected chi connectivity index (χ2v) is 4.12. The molecule has 6 heteroatoms. The predicted octanol–water partition coefficient (Wildman–Crippen LogP) is 0.375. The standard InChI is InChI=1S/C12H18N2O4/c13-11(12(17)18)3-1-2-6-14-9(7-15)4-5-10(14)8-16/h4-5,7,11,16H,1-3,6,8,13H2,(H,17,18)/t11-/m0/s1/i1+1,2+1,3+1,6+1,11+1,12+1,13+1,14+1. The summed E-state index contributed by atoms with van der Waals surface area (Å²) in [5.41, 5.74) is 6.58. The van der Waals surface area contributed by atoms with Crippen molar-refractivity contribution in [3.05, 3.63) is 23.5 Å². The second kappa shape index (κ2) is 6.93. The highest BCUT2D eigenvalue weighted by Crippen LogP contribution is 2.10. The molecule has 1 rings (SSSR count). The molecule has 0 aromatic carbocycles. The summed E-state index contributed by atoms with van der Waals surface area (Å²) in [5, 5.41) is 17.7. The van der Waals surface area contributed by atoms with Gasteiger partial charge in [-0.3, -0.25) is 9.59 Å². The van der Waals surface area contributed by atoms with E-state index in [0.717, 1.165) is 6.29 Å². The Morgan fingerprint density at radius 2 is 2.17 bits per heavy atom. The number of carboxylic acids is 1. The fraction of sp³-hybridized carbons (Fsp3) is 0.500. The molecular formula is C12H18N2O4. The number of aliphatic carboxylic acids is 1. The molecular weight excluding hydrogens is 244 g/mol. The molecule has 0 saturated heterocycles. The molecule has 1 heterocycles. The molecule has 6 nitrogen and oxygen atoms in total. The van der Waals surface area contributed by atoms with Gasteiger partial charge in [-0.25, -0.2) is 0 Å². The fourth-order valence-corrected chi connectivity index (χ4v) is 1.80. The zero-order chi connectivity index (χ0) is 13.5. The van der Waals surface area contributed by atoms with E-state index in [4.69, 9.17) is 15.9 Å². The van der Waals surface area contributed by atoms with Crippen LogP contribution in [0, 0.1) is 0 Å². The largest absolute Gasteiger partial charge is 0.480 e. The Balaban J connectivity index is 2.46. The monoisotopic (exact) mass is 262 g/mol. The first kappa shape index (κ1) is 14.4. The quantitative estimate of drug-likeness (QED) is 0.272. The van der Waals surface area contributed by atoms with E-state index in [1.54, 1.807) is 16.7 Å². The van der Waals surface area contributed by atoms with Crippen LogP contribution in [0.2, 0.25) is 0 Å². The van der Waals surface area contributed by atoms with Gasteiger partial charge in [0.25, 0.3) is 0 Å². The topological polar surface area (TPSA) is 106 Å². The number of unbranched alkanes of at least 4 members (excludes halogenated alkanes) is 1. The zero-order valence-corrected chi connectivity index (χ0v) is 10.1. The van der Waals surface area contributed by atoms with Crippen LogP contribution in [0.25, 0.3) is 0 Å². The number of carbonyl (C=O) groups excluding carboxylic acids is 1. The highest BCUT2D eigenvalue weighted by Gasteiger charge is 2.11. The van der Waals surface area contributed by atoms with Crippen molar-refractivity contribution in [2.24, 2.45) is 5.73 Å². The third-order valence-electron chi connectivity index (χ3n) is 2.85. The number of aliphatic hydroxyl groups excluding tert-OH is 1. The summed E-state index contributed by atoms with van der Waals surface area (Å²) in [5.74, 6) is -0.999. The van der Waals surface area contributed by atoms with Crippen LogP contribution in [0.5, 0.6) is 0 Å².